The van der Waals surface area contributed by atoms with Gasteiger partial charge in [-0.15, -0.1) is 20.5 Å². The first-order chi connectivity index (χ1) is 20.6. The van der Waals surface area contributed by atoms with Crippen LogP contribution >= 0.6 is 11.8 Å². The second kappa shape index (κ2) is 15.4. The lowest BCUT2D eigenvalue weighted by Crippen LogP contribution is -2.41. The first-order valence-corrected chi connectivity index (χ1v) is 15.3. The van der Waals surface area contributed by atoms with Gasteiger partial charge in [0.25, 0.3) is 0 Å². The molecular formula is C32H36F6O5S. The third kappa shape index (κ3) is 10.9. The Morgan fingerprint density at radius 1 is 0.932 bits per heavy atom. The zero-order valence-corrected chi connectivity index (χ0v) is 25.6. The molecule has 2 aromatic carbocycles. The zero-order valence-electron chi connectivity index (χ0n) is 24.8. The molecule has 1 heterocycles. The van der Waals surface area contributed by atoms with Gasteiger partial charge in [0.05, 0.1) is 13.0 Å². The summed E-state index contributed by atoms with van der Waals surface area (Å²) >= 11 is 0.932. The van der Waals surface area contributed by atoms with Crippen LogP contribution in [-0.4, -0.2) is 36.8 Å². The highest BCUT2D eigenvalue weighted by molar-refractivity contribution is 7.99. The average Bonchev–Trinajstić information content (AvgIpc) is 3.34. The van der Waals surface area contributed by atoms with Crippen molar-refractivity contribution in [1.29, 1.82) is 0 Å². The Morgan fingerprint density at radius 2 is 1.64 bits per heavy atom. The zero-order chi connectivity index (χ0) is 32.5. The smallest absolute Gasteiger partial charge is 0.462 e. The molecule has 0 bridgehead atoms. The average molecular weight is 647 g/mol. The number of halogens is 6. The van der Waals surface area contributed by atoms with Gasteiger partial charge in [-0.05, 0) is 61.6 Å². The predicted molar refractivity (Wildman–Crippen MR) is 157 cm³/mol. The van der Waals surface area contributed by atoms with Crippen molar-refractivity contribution < 1.29 is 49.8 Å². The van der Waals surface area contributed by atoms with E-state index >= 15 is 0 Å². The van der Waals surface area contributed by atoms with Crippen LogP contribution < -0.4 is 0 Å². The lowest BCUT2D eigenvalue weighted by atomic mass is 9.97. The molecule has 0 N–H and O–H groups in total. The van der Waals surface area contributed by atoms with Crippen molar-refractivity contribution in [2.45, 2.75) is 89.1 Å². The van der Waals surface area contributed by atoms with Crippen LogP contribution in [-0.2, 0) is 31.8 Å². The van der Waals surface area contributed by atoms with Crippen molar-refractivity contribution in [2.75, 3.05) is 12.4 Å². The van der Waals surface area contributed by atoms with Crippen LogP contribution in [0.25, 0.3) is 22.3 Å². The molecule has 1 aromatic heterocycles. The first-order valence-electron chi connectivity index (χ1n) is 14.3. The Bertz CT molecular complexity index is 1420. The van der Waals surface area contributed by atoms with Gasteiger partial charge in [-0.3, -0.25) is 0 Å². The van der Waals surface area contributed by atoms with Crippen molar-refractivity contribution in [3.05, 3.63) is 65.7 Å². The van der Waals surface area contributed by atoms with Crippen molar-refractivity contribution in [1.82, 2.24) is 0 Å². The van der Waals surface area contributed by atoms with E-state index in [-0.39, 0.29) is 11.3 Å². The number of rotatable bonds is 18. The maximum absolute atomic E-state index is 14.1. The summed E-state index contributed by atoms with van der Waals surface area (Å²) in [6.07, 6.45) is -11.9. The van der Waals surface area contributed by atoms with Gasteiger partial charge in [-0.25, -0.2) is 14.3 Å². The van der Waals surface area contributed by atoms with E-state index in [1.165, 1.54) is 18.9 Å². The molecule has 0 aliphatic carbocycles. The van der Waals surface area contributed by atoms with Gasteiger partial charge in [0, 0.05) is 33.6 Å². The number of furan rings is 1. The van der Waals surface area contributed by atoms with Crippen LogP contribution in [0.4, 0.5) is 26.3 Å². The first kappa shape index (κ1) is 35.5. The van der Waals surface area contributed by atoms with Gasteiger partial charge in [0.2, 0.25) is 0 Å². The summed E-state index contributed by atoms with van der Waals surface area (Å²) in [5.74, 6) is -0.727. The molecule has 0 saturated heterocycles. The standard InChI is InChI=1S/C32H36F6O5S/c1-5-7-8-9-22-10-13-26(23(6-2)18-22)28-19-24-11-12-25(20-27(24)41-28)44-17-15-31(35,36)43-32(37,38)42-30(33,34)14-16-40-29(39)21(3)4/h10-13,18-20H,3,5-9,14-17H2,1-2,4H3. The lowest BCUT2D eigenvalue weighted by Gasteiger charge is -2.26. The Hall–Kier alpha value is -2.96. The number of unbranched alkanes of at least 4 members (excludes halogenated alkanes) is 2. The molecule has 0 atom stereocenters. The predicted octanol–water partition coefficient (Wildman–Crippen LogP) is 10.2. The molecule has 44 heavy (non-hydrogen) atoms. The Kier molecular flexibility index (Phi) is 12.4. The molecule has 0 spiro atoms. The molecule has 0 unspecified atom stereocenters. The van der Waals surface area contributed by atoms with Crippen LogP contribution in [0.2, 0.25) is 0 Å². The molecule has 0 aliphatic heterocycles. The summed E-state index contributed by atoms with van der Waals surface area (Å²) < 4.78 is 100. The quantitative estimate of drug-likeness (QED) is 0.0342. The highest BCUT2D eigenvalue weighted by Gasteiger charge is 2.51. The minimum atomic E-state index is -5.31. The van der Waals surface area contributed by atoms with Crippen LogP contribution in [0.3, 0.4) is 0 Å². The SMILES string of the molecule is C=C(C)C(=O)OCCC(F)(F)OC(F)(F)OC(F)(F)CCSc1ccc2cc(-c3ccc(CCCCC)cc3CC)oc2c1. The Labute approximate surface area is 256 Å². The summed E-state index contributed by atoms with van der Waals surface area (Å²) in [5, 5.41) is 0.805. The summed E-state index contributed by atoms with van der Waals surface area (Å²) in [4.78, 5) is 11.7. The van der Waals surface area contributed by atoms with Crippen molar-refractivity contribution >= 4 is 28.7 Å². The molecular weight excluding hydrogens is 610 g/mol. The summed E-state index contributed by atoms with van der Waals surface area (Å²) in [6.45, 7) is 7.72. The minimum Gasteiger partial charge on any atom is -0.462 e. The number of fused-ring (bicyclic) bond motifs is 1. The van der Waals surface area contributed by atoms with Crippen molar-refractivity contribution in [2.24, 2.45) is 0 Å². The number of benzene rings is 2. The summed E-state index contributed by atoms with van der Waals surface area (Å²) in [6, 6.07) is 13.3. The van der Waals surface area contributed by atoms with Gasteiger partial charge < -0.3 is 9.15 Å². The van der Waals surface area contributed by atoms with Crippen molar-refractivity contribution in [3.8, 4) is 11.3 Å². The van der Waals surface area contributed by atoms with Crippen LogP contribution in [0.5, 0.6) is 0 Å². The van der Waals surface area contributed by atoms with E-state index in [0.717, 1.165) is 54.0 Å². The maximum atomic E-state index is 14.1. The van der Waals surface area contributed by atoms with Gasteiger partial charge in [0.15, 0.2) is 0 Å². The fourth-order valence-corrected chi connectivity index (χ4v) is 5.22. The fourth-order valence-electron chi connectivity index (χ4n) is 4.29. The van der Waals surface area contributed by atoms with Crippen LogP contribution in [0.15, 0.2) is 63.9 Å². The van der Waals surface area contributed by atoms with E-state index in [9.17, 15) is 31.1 Å². The van der Waals surface area contributed by atoms with E-state index in [1.807, 2.05) is 12.1 Å². The number of carbonyl (C=O) groups excluding carboxylic acids is 1. The molecule has 5 nitrogen and oxygen atoms in total. The number of hydrogen-bond donors (Lipinski definition) is 0. The Morgan fingerprint density at radius 3 is 2.30 bits per heavy atom. The van der Waals surface area contributed by atoms with Gasteiger partial charge >= 0.3 is 24.5 Å². The second-order valence-corrected chi connectivity index (χ2v) is 11.5. The van der Waals surface area contributed by atoms with Gasteiger partial charge in [-0.1, -0.05) is 51.5 Å². The largest absolute Gasteiger partial charge is 0.494 e. The monoisotopic (exact) mass is 646 g/mol. The second-order valence-electron chi connectivity index (χ2n) is 10.3. The van der Waals surface area contributed by atoms with E-state index in [4.69, 9.17) is 4.42 Å². The number of alkyl halides is 6. The highest BCUT2D eigenvalue weighted by atomic mass is 32.2. The maximum Gasteiger partial charge on any atom is 0.494 e. The van der Waals surface area contributed by atoms with E-state index in [0.29, 0.717) is 16.2 Å². The Balaban J connectivity index is 1.57. The van der Waals surface area contributed by atoms with E-state index in [2.05, 4.69) is 46.8 Å². The summed E-state index contributed by atoms with van der Waals surface area (Å²) in [7, 11) is 0. The normalized spacial score (nSPS) is 12.6. The summed E-state index contributed by atoms with van der Waals surface area (Å²) in [5.41, 5.74) is 3.82. The number of thioether (sulfide) groups is 1. The number of carbonyl (C=O) groups is 1. The minimum absolute atomic E-state index is 0.0987. The molecule has 0 amide bonds. The third-order valence-electron chi connectivity index (χ3n) is 6.55. The van der Waals surface area contributed by atoms with Gasteiger partial charge in [0.1, 0.15) is 11.3 Å². The molecule has 242 valence electrons. The number of aryl methyl sites for hydroxylation is 2. The van der Waals surface area contributed by atoms with E-state index in [1.54, 1.807) is 18.2 Å². The highest BCUT2D eigenvalue weighted by Crippen LogP contribution is 2.38. The molecule has 3 aromatic rings. The number of esters is 1. The molecule has 0 saturated carbocycles. The molecule has 3 rings (SSSR count). The topological polar surface area (TPSA) is 57.9 Å². The number of hydrogen-bond acceptors (Lipinski definition) is 6. The molecule has 0 aliphatic rings. The van der Waals surface area contributed by atoms with Crippen molar-refractivity contribution in [3.63, 3.8) is 0 Å². The van der Waals surface area contributed by atoms with Crippen LogP contribution in [0, 0.1) is 0 Å². The van der Waals surface area contributed by atoms with Gasteiger partial charge in [-0.2, -0.15) is 17.6 Å². The molecule has 0 fully saturated rings. The lowest BCUT2D eigenvalue weighted by molar-refractivity contribution is -0.514. The molecule has 0 radical (unpaired) electrons. The van der Waals surface area contributed by atoms with E-state index < -0.39 is 43.9 Å². The molecule has 12 heteroatoms. The number of ether oxygens (including phenoxy) is 3. The van der Waals surface area contributed by atoms with Crippen LogP contribution in [0.1, 0.15) is 64.0 Å². The fraction of sp³-hybridized carbons (Fsp3) is 0.469. The third-order valence-corrected chi connectivity index (χ3v) is 7.54.